The number of fused-ring (bicyclic) bond motifs is 1. The van der Waals surface area contributed by atoms with E-state index in [1.807, 2.05) is 76.6 Å². The van der Waals surface area contributed by atoms with Gasteiger partial charge in [0.15, 0.2) is 0 Å². The molecule has 0 spiro atoms. The molecule has 6 heteroatoms. The van der Waals surface area contributed by atoms with E-state index in [2.05, 4.69) is 10.4 Å². The number of rotatable bonds is 4. The van der Waals surface area contributed by atoms with Gasteiger partial charge in [0, 0.05) is 30.6 Å². The minimum Gasteiger partial charge on any atom is -0.376 e. The van der Waals surface area contributed by atoms with Gasteiger partial charge in [0.2, 0.25) is 0 Å². The Morgan fingerprint density at radius 1 is 1.11 bits per heavy atom. The predicted octanol–water partition coefficient (Wildman–Crippen LogP) is 3.62. The first-order valence-electron chi connectivity index (χ1n) is 9.68. The third-order valence-corrected chi connectivity index (χ3v) is 5.39. The van der Waals surface area contributed by atoms with Crippen LogP contribution in [0, 0.1) is 0 Å². The Labute approximate surface area is 163 Å². The molecule has 2 aliphatic rings. The van der Waals surface area contributed by atoms with E-state index in [1.54, 1.807) is 0 Å². The van der Waals surface area contributed by atoms with Crippen LogP contribution in [0.3, 0.4) is 0 Å². The van der Waals surface area contributed by atoms with E-state index in [1.165, 1.54) is 0 Å². The molecule has 1 aromatic heterocycles. The molecule has 3 aromatic rings. The van der Waals surface area contributed by atoms with Crippen molar-refractivity contribution in [3.8, 4) is 5.69 Å². The second-order valence-corrected chi connectivity index (χ2v) is 7.24. The number of amides is 1. The summed E-state index contributed by atoms with van der Waals surface area (Å²) in [5, 5.41) is 8.05. The van der Waals surface area contributed by atoms with Crippen LogP contribution in [0.4, 0.5) is 5.69 Å². The van der Waals surface area contributed by atoms with Gasteiger partial charge < -0.3 is 15.0 Å². The van der Waals surface area contributed by atoms with Gasteiger partial charge in [0.1, 0.15) is 6.17 Å². The predicted molar refractivity (Wildman–Crippen MR) is 106 cm³/mol. The third kappa shape index (κ3) is 3.05. The van der Waals surface area contributed by atoms with Crippen LogP contribution < -0.4 is 5.32 Å². The molecule has 0 radical (unpaired) electrons. The molecule has 1 saturated heterocycles. The Morgan fingerprint density at radius 3 is 2.75 bits per heavy atom. The quantitative estimate of drug-likeness (QED) is 0.758. The maximum atomic E-state index is 13.3. The number of hydrogen-bond acceptors (Lipinski definition) is 4. The Kier molecular flexibility index (Phi) is 4.33. The van der Waals surface area contributed by atoms with E-state index in [0.29, 0.717) is 12.1 Å². The van der Waals surface area contributed by atoms with Crippen molar-refractivity contribution < 1.29 is 9.53 Å². The first-order chi connectivity index (χ1) is 13.8. The summed E-state index contributed by atoms with van der Waals surface area (Å²) < 4.78 is 7.65. The average Bonchev–Trinajstić information content (AvgIpc) is 3.43. The summed E-state index contributed by atoms with van der Waals surface area (Å²) in [6.45, 7) is 1.34. The van der Waals surface area contributed by atoms with Crippen molar-refractivity contribution in [3.05, 3.63) is 78.1 Å². The summed E-state index contributed by atoms with van der Waals surface area (Å²) in [5.74, 6) is 0.0299. The molecule has 0 unspecified atom stereocenters. The first kappa shape index (κ1) is 17.0. The van der Waals surface area contributed by atoms with Crippen LogP contribution in [0.5, 0.6) is 0 Å². The van der Waals surface area contributed by atoms with Crippen LogP contribution in [0.2, 0.25) is 0 Å². The fraction of sp³-hybridized carbons (Fsp3) is 0.273. The molecule has 3 heterocycles. The highest BCUT2D eigenvalue weighted by Gasteiger charge is 2.35. The monoisotopic (exact) mass is 374 g/mol. The van der Waals surface area contributed by atoms with Crippen molar-refractivity contribution in [2.75, 3.05) is 18.5 Å². The number of hydrogen-bond donors (Lipinski definition) is 1. The molecule has 1 amide bonds. The number of benzene rings is 2. The highest BCUT2D eigenvalue weighted by atomic mass is 16.5. The third-order valence-electron chi connectivity index (χ3n) is 5.39. The Balaban J connectivity index is 1.50. The van der Waals surface area contributed by atoms with Crippen LogP contribution >= 0.6 is 0 Å². The van der Waals surface area contributed by atoms with Crippen molar-refractivity contribution in [1.82, 2.24) is 14.7 Å². The van der Waals surface area contributed by atoms with E-state index in [9.17, 15) is 4.79 Å². The lowest BCUT2D eigenvalue weighted by Gasteiger charge is -2.38. The largest absolute Gasteiger partial charge is 0.376 e. The van der Waals surface area contributed by atoms with Gasteiger partial charge >= 0.3 is 0 Å². The molecule has 2 aliphatic heterocycles. The van der Waals surface area contributed by atoms with Crippen molar-refractivity contribution in [3.63, 3.8) is 0 Å². The van der Waals surface area contributed by atoms with Crippen molar-refractivity contribution in [2.24, 2.45) is 0 Å². The Hall–Kier alpha value is -3.12. The molecule has 6 nitrogen and oxygen atoms in total. The van der Waals surface area contributed by atoms with E-state index in [4.69, 9.17) is 4.74 Å². The van der Waals surface area contributed by atoms with E-state index in [-0.39, 0.29) is 18.2 Å². The Morgan fingerprint density at radius 2 is 1.93 bits per heavy atom. The molecule has 0 aliphatic carbocycles. The fourth-order valence-electron chi connectivity index (χ4n) is 3.95. The van der Waals surface area contributed by atoms with Gasteiger partial charge in [-0.05, 0) is 37.1 Å². The molecule has 0 saturated carbocycles. The number of nitrogens with one attached hydrogen (secondary N) is 1. The minimum absolute atomic E-state index is 0.0299. The maximum Gasteiger partial charge on any atom is 0.257 e. The van der Waals surface area contributed by atoms with Crippen LogP contribution in [-0.4, -0.2) is 39.8 Å². The SMILES string of the molecule is O=C1c2ccccc2N[C@@H](c2cnn(-c3ccccc3)c2)N1C[C@@H]1CCCO1. The minimum atomic E-state index is -0.274. The summed E-state index contributed by atoms with van der Waals surface area (Å²) in [6, 6.07) is 17.6. The van der Waals surface area contributed by atoms with Crippen LogP contribution in [0.25, 0.3) is 5.69 Å². The number of nitrogens with zero attached hydrogens (tertiary/aromatic N) is 3. The smallest absolute Gasteiger partial charge is 0.257 e. The molecular weight excluding hydrogens is 352 g/mol. The van der Waals surface area contributed by atoms with Crippen LogP contribution in [0.15, 0.2) is 67.0 Å². The van der Waals surface area contributed by atoms with Gasteiger partial charge in [-0.1, -0.05) is 30.3 Å². The van der Waals surface area contributed by atoms with Gasteiger partial charge in [-0.3, -0.25) is 4.79 Å². The average molecular weight is 374 g/mol. The van der Waals surface area contributed by atoms with Gasteiger partial charge in [0.25, 0.3) is 5.91 Å². The van der Waals surface area contributed by atoms with Crippen molar-refractivity contribution >= 4 is 11.6 Å². The van der Waals surface area contributed by atoms with Gasteiger partial charge in [-0.25, -0.2) is 4.68 Å². The van der Waals surface area contributed by atoms with Gasteiger partial charge in [0.05, 0.1) is 23.6 Å². The zero-order valence-corrected chi connectivity index (χ0v) is 15.5. The summed E-state index contributed by atoms with van der Waals surface area (Å²) in [7, 11) is 0. The fourth-order valence-corrected chi connectivity index (χ4v) is 3.95. The van der Waals surface area contributed by atoms with Gasteiger partial charge in [-0.2, -0.15) is 5.10 Å². The molecule has 28 heavy (non-hydrogen) atoms. The van der Waals surface area contributed by atoms with Crippen LogP contribution in [-0.2, 0) is 4.74 Å². The second kappa shape index (κ2) is 7.13. The van der Waals surface area contributed by atoms with E-state index < -0.39 is 0 Å². The summed E-state index contributed by atoms with van der Waals surface area (Å²) in [4.78, 5) is 15.1. The lowest BCUT2D eigenvalue weighted by atomic mass is 10.0. The number of carbonyl (C=O) groups excluding carboxylic acids is 1. The number of ether oxygens (including phenoxy) is 1. The number of aromatic nitrogens is 2. The molecule has 142 valence electrons. The van der Waals surface area contributed by atoms with Crippen molar-refractivity contribution in [2.45, 2.75) is 25.1 Å². The number of anilines is 1. The zero-order valence-electron chi connectivity index (χ0n) is 15.5. The maximum absolute atomic E-state index is 13.3. The van der Waals surface area contributed by atoms with Crippen LogP contribution in [0.1, 0.15) is 34.9 Å². The number of para-hydroxylation sites is 2. The summed E-state index contributed by atoms with van der Waals surface area (Å²) >= 11 is 0. The topological polar surface area (TPSA) is 59.4 Å². The molecule has 1 fully saturated rings. The molecule has 2 aromatic carbocycles. The van der Waals surface area contributed by atoms with E-state index >= 15 is 0 Å². The summed E-state index contributed by atoms with van der Waals surface area (Å²) in [6.07, 6.45) is 5.66. The zero-order chi connectivity index (χ0) is 18.9. The Bertz CT molecular complexity index is 979. The molecule has 2 atom stereocenters. The molecule has 1 N–H and O–H groups in total. The second-order valence-electron chi connectivity index (χ2n) is 7.24. The summed E-state index contributed by atoms with van der Waals surface area (Å²) in [5.41, 5.74) is 3.49. The lowest BCUT2D eigenvalue weighted by molar-refractivity contribution is 0.0427. The molecule has 5 rings (SSSR count). The van der Waals surface area contributed by atoms with Gasteiger partial charge in [-0.15, -0.1) is 0 Å². The molecular formula is C22H22N4O2. The lowest BCUT2D eigenvalue weighted by Crippen LogP contribution is -2.46. The number of carbonyl (C=O) groups is 1. The highest BCUT2D eigenvalue weighted by molar-refractivity contribution is 6.01. The van der Waals surface area contributed by atoms with Crippen molar-refractivity contribution in [1.29, 1.82) is 0 Å². The van der Waals surface area contributed by atoms with E-state index in [0.717, 1.165) is 36.4 Å². The first-order valence-corrected chi connectivity index (χ1v) is 9.68. The highest BCUT2D eigenvalue weighted by Crippen LogP contribution is 2.34. The normalized spacial score (nSPS) is 21.4. The molecule has 0 bridgehead atoms. The standard InChI is InChI=1S/C22H22N4O2/c27-22-19-10-4-5-11-20(19)24-21(25(22)15-18-9-6-12-28-18)16-13-23-26(14-16)17-7-2-1-3-8-17/h1-5,7-8,10-11,13-14,18,21,24H,6,9,12,15H2/t18-,21+/m0/s1.